The smallest absolute Gasteiger partial charge is 0.324 e. The lowest BCUT2D eigenvalue weighted by Gasteiger charge is -2.37. The number of hydrogen-bond donors (Lipinski definition) is 2. The summed E-state index contributed by atoms with van der Waals surface area (Å²) in [6, 6.07) is -0.380. The van der Waals surface area contributed by atoms with Gasteiger partial charge in [-0.3, -0.25) is 14.5 Å². The van der Waals surface area contributed by atoms with Crippen LogP contribution in [0.1, 0.15) is 46.5 Å². The van der Waals surface area contributed by atoms with Crippen LogP contribution in [0.4, 0.5) is 0 Å². The molecule has 0 aromatic rings. The average molecular weight is 256 g/mol. The summed E-state index contributed by atoms with van der Waals surface area (Å²) < 4.78 is 0. The molecule has 1 aliphatic rings. The van der Waals surface area contributed by atoms with E-state index in [1.54, 1.807) is 6.92 Å². The van der Waals surface area contributed by atoms with Gasteiger partial charge in [-0.2, -0.15) is 0 Å². The molecule has 0 aromatic carbocycles. The van der Waals surface area contributed by atoms with Gasteiger partial charge in [-0.05, 0) is 32.6 Å². The summed E-state index contributed by atoms with van der Waals surface area (Å²) in [6.45, 7) is 6.99. The summed E-state index contributed by atoms with van der Waals surface area (Å²) >= 11 is 0. The number of amides is 1. The Bertz CT molecular complexity index is 319. The van der Waals surface area contributed by atoms with Crippen molar-refractivity contribution in [3.8, 4) is 0 Å². The van der Waals surface area contributed by atoms with E-state index < -0.39 is 11.5 Å². The fourth-order valence-electron chi connectivity index (χ4n) is 2.76. The van der Waals surface area contributed by atoms with Crippen LogP contribution >= 0.6 is 0 Å². The minimum Gasteiger partial charge on any atom is -0.480 e. The average Bonchev–Trinajstić information content (AvgIpc) is 2.79. The Morgan fingerprint density at radius 2 is 2.11 bits per heavy atom. The van der Waals surface area contributed by atoms with Crippen molar-refractivity contribution in [2.45, 2.75) is 58.0 Å². The zero-order valence-electron chi connectivity index (χ0n) is 11.5. The van der Waals surface area contributed by atoms with E-state index in [-0.39, 0.29) is 11.9 Å². The second kappa shape index (κ2) is 6.18. The second-order valence-corrected chi connectivity index (χ2v) is 4.95. The lowest BCUT2D eigenvalue weighted by atomic mass is 9.92. The molecular weight excluding hydrogens is 232 g/mol. The highest BCUT2D eigenvalue weighted by atomic mass is 16.4. The van der Waals surface area contributed by atoms with Crippen molar-refractivity contribution in [3.63, 3.8) is 0 Å². The first-order valence-electron chi connectivity index (χ1n) is 6.77. The van der Waals surface area contributed by atoms with E-state index in [2.05, 4.69) is 5.32 Å². The largest absolute Gasteiger partial charge is 0.480 e. The predicted molar refractivity (Wildman–Crippen MR) is 69.4 cm³/mol. The van der Waals surface area contributed by atoms with E-state index in [1.807, 2.05) is 18.7 Å². The third-order valence-electron chi connectivity index (χ3n) is 3.92. The predicted octanol–water partition coefficient (Wildman–Crippen LogP) is 1.23. The first-order valence-corrected chi connectivity index (χ1v) is 6.77. The zero-order chi connectivity index (χ0) is 13.8. The minimum atomic E-state index is -0.858. The van der Waals surface area contributed by atoms with Gasteiger partial charge in [0, 0.05) is 13.1 Å². The summed E-state index contributed by atoms with van der Waals surface area (Å²) in [7, 11) is 0. The van der Waals surface area contributed by atoms with Gasteiger partial charge in [0.25, 0.3) is 0 Å². The van der Waals surface area contributed by atoms with Crippen LogP contribution in [-0.2, 0) is 9.59 Å². The molecule has 1 saturated heterocycles. The molecule has 2 atom stereocenters. The van der Waals surface area contributed by atoms with Crippen LogP contribution in [0.3, 0.4) is 0 Å². The number of nitrogens with one attached hydrogen (secondary N) is 1. The molecule has 1 heterocycles. The van der Waals surface area contributed by atoms with Gasteiger partial charge >= 0.3 is 5.97 Å². The molecule has 1 aliphatic heterocycles. The van der Waals surface area contributed by atoms with Crippen LogP contribution in [0.15, 0.2) is 0 Å². The van der Waals surface area contributed by atoms with Gasteiger partial charge in [0.2, 0.25) is 5.91 Å². The summed E-state index contributed by atoms with van der Waals surface area (Å²) in [4.78, 5) is 25.3. The van der Waals surface area contributed by atoms with E-state index in [0.717, 1.165) is 12.8 Å². The van der Waals surface area contributed by atoms with Gasteiger partial charge in [-0.15, -0.1) is 0 Å². The van der Waals surface area contributed by atoms with Crippen molar-refractivity contribution in [2.75, 3.05) is 13.1 Å². The van der Waals surface area contributed by atoms with E-state index in [4.69, 9.17) is 0 Å². The molecule has 1 rings (SSSR count). The molecule has 1 amide bonds. The van der Waals surface area contributed by atoms with Crippen molar-refractivity contribution in [1.29, 1.82) is 0 Å². The van der Waals surface area contributed by atoms with Crippen molar-refractivity contribution >= 4 is 11.9 Å². The number of rotatable bonds is 6. The maximum absolute atomic E-state index is 12.0. The topological polar surface area (TPSA) is 69.6 Å². The Kier molecular flexibility index (Phi) is 5.14. The molecule has 1 fully saturated rings. The molecule has 0 aliphatic carbocycles. The van der Waals surface area contributed by atoms with Gasteiger partial charge in [-0.25, -0.2) is 0 Å². The fraction of sp³-hybridized carbons (Fsp3) is 0.846. The van der Waals surface area contributed by atoms with Gasteiger partial charge in [0.1, 0.15) is 5.54 Å². The van der Waals surface area contributed by atoms with Crippen LogP contribution in [0.5, 0.6) is 0 Å². The Labute approximate surface area is 109 Å². The normalized spacial score (nSPS) is 25.9. The van der Waals surface area contributed by atoms with Gasteiger partial charge in [-0.1, -0.05) is 13.8 Å². The lowest BCUT2D eigenvalue weighted by Crippen LogP contribution is -2.57. The van der Waals surface area contributed by atoms with Crippen molar-refractivity contribution < 1.29 is 14.7 Å². The van der Waals surface area contributed by atoms with E-state index >= 15 is 0 Å². The number of carboxylic acids is 1. The molecule has 0 bridgehead atoms. The number of carbonyl (C=O) groups excluding carboxylic acids is 1. The third kappa shape index (κ3) is 2.66. The van der Waals surface area contributed by atoms with Crippen LogP contribution in [-0.4, -0.2) is 46.6 Å². The molecule has 18 heavy (non-hydrogen) atoms. The highest BCUT2D eigenvalue weighted by molar-refractivity contribution is 5.84. The summed E-state index contributed by atoms with van der Waals surface area (Å²) in [5.41, 5.74) is -0.858. The molecular formula is C13H24N2O3. The number of likely N-dealkylation sites (tertiary alicyclic amines) is 1. The zero-order valence-corrected chi connectivity index (χ0v) is 11.5. The Hall–Kier alpha value is -1.10. The second-order valence-electron chi connectivity index (χ2n) is 4.95. The molecule has 2 N–H and O–H groups in total. The van der Waals surface area contributed by atoms with Crippen molar-refractivity contribution in [1.82, 2.24) is 10.2 Å². The number of carboxylic acid groups (broad SMARTS) is 1. The third-order valence-corrected chi connectivity index (χ3v) is 3.92. The van der Waals surface area contributed by atoms with Crippen molar-refractivity contribution in [2.24, 2.45) is 0 Å². The first-order chi connectivity index (χ1) is 8.49. The van der Waals surface area contributed by atoms with Crippen LogP contribution in [0, 0.1) is 0 Å². The molecule has 104 valence electrons. The highest BCUT2D eigenvalue weighted by Crippen LogP contribution is 2.34. The molecule has 2 unspecified atom stereocenters. The molecule has 0 radical (unpaired) electrons. The summed E-state index contributed by atoms with van der Waals surface area (Å²) in [6.07, 6.45) is 2.89. The SMILES string of the molecule is CCCNC(=O)C(C)N1CCCC1(CC)C(=O)O. The van der Waals surface area contributed by atoms with Crippen molar-refractivity contribution in [3.05, 3.63) is 0 Å². The molecule has 0 saturated carbocycles. The summed E-state index contributed by atoms with van der Waals surface area (Å²) in [5.74, 6) is -0.879. The van der Waals surface area contributed by atoms with Gasteiger partial charge in [0.15, 0.2) is 0 Å². The van der Waals surface area contributed by atoms with Crippen LogP contribution in [0.25, 0.3) is 0 Å². The quantitative estimate of drug-likeness (QED) is 0.750. The number of nitrogens with zero attached hydrogens (tertiary/aromatic N) is 1. The maximum Gasteiger partial charge on any atom is 0.324 e. The van der Waals surface area contributed by atoms with Crippen LogP contribution in [0.2, 0.25) is 0 Å². The molecule has 0 spiro atoms. The molecule has 0 aromatic heterocycles. The summed E-state index contributed by atoms with van der Waals surface area (Å²) in [5, 5.41) is 12.3. The van der Waals surface area contributed by atoms with Gasteiger partial charge < -0.3 is 10.4 Å². The fourth-order valence-corrected chi connectivity index (χ4v) is 2.76. The lowest BCUT2D eigenvalue weighted by molar-refractivity contribution is -0.152. The van der Waals surface area contributed by atoms with E-state index in [1.165, 1.54) is 0 Å². The van der Waals surface area contributed by atoms with Crippen LogP contribution < -0.4 is 5.32 Å². The van der Waals surface area contributed by atoms with E-state index in [9.17, 15) is 14.7 Å². The molecule has 5 heteroatoms. The monoisotopic (exact) mass is 256 g/mol. The minimum absolute atomic E-state index is 0.0715. The highest BCUT2D eigenvalue weighted by Gasteiger charge is 2.49. The number of aliphatic carboxylic acids is 1. The maximum atomic E-state index is 12.0. The number of hydrogen-bond acceptors (Lipinski definition) is 3. The van der Waals surface area contributed by atoms with Gasteiger partial charge in [0.05, 0.1) is 6.04 Å². The first kappa shape index (κ1) is 15.0. The Balaban J connectivity index is 2.80. The molecule has 5 nitrogen and oxygen atoms in total. The number of carbonyl (C=O) groups is 2. The standard InChI is InChI=1S/C13H24N2O3/c1-4-8-14-11(16)10(3)15-9-6-7-13(15,5-2)12(17)18/h10H,4-9H2,1-3H3,(H,14,16)(H,17,18). The Morgan fingerprint density at radius 3 is 2.61 bits per heavy atom. The Morgan fingerprint density at radius 1 is 1.44 bits per heavy atom. The van der Waals surface area contributed by atoms with E-state index in [0.29, 0.717) is 25.9 Å².